The van der Waals surface area contributed by atoms with Gasteiger partial charge in [-0.1, -0.05) is 53.2 Å². The first-order chi connectivity index (χ1) is 30.3. The molecule has 0 spiro atoms. The molecule has 3 heterocycles. The number of carboxylic acid groups (broad SMARTS) is 1. The number of hydrogen-bond donors (Lipinski definition) is 10. The van der Waals surface area contributed by atoms with Gasteiger partial charge in [-0.3, -0.25) is 4.79 Å². The first-order valence-electron chi connectivity index (χ1n) is 23.7. The lowest BCUT2D eigenvalue weighted by molar-refractivity contribution is -0.387. The Morgan fingerprint density at radius 3 is 2.08 bits per heavy atom. The van der Waals surface area contributed by atoms with Crippen molar-refractivity contribution in [3.8, 4) is 0 Å². The SMILES string of the molecule is C[C@@H]1O[C@@H](O[C@H]2[C@H](O[C@H]3[C@H](O[C@H]4CC[C@@]5(C)[C@@H](CC[C@]6(C)[C@@H]5CC=C5[C@@H]7C[C@@](C)(CO)CC(=O)[C@]7(C)CC[C@]56C)[C@@]4(C)CO)O[C@H](C(=O)O)[C@@H](O)[C@@H]3O)OC[C@@H](O)[C@@H]2O)[C@H](O)[C@H](O)[C@H]1O. The highest BCUT2D eigenvalue weighted by molar-refractivity contribution is 5.87. The van der Waals surface area contributed by atoms with Crippen molar-refractivity contribution in [3.63, 3.8) is 0 Å². The van der Waals surface area contributed by atoms with Gasteiger partial charge in [0.1, 0.15) is 60.7 Å². The zero-order chi connectivity index (χ0) is 47.6. The van der Waals surface area contributed by atoms with Gasteiger partial charge < -0.3 is 79.5 Å². The van der Waals surface area contributed by atoms with Crippen LogP contribution in [0.1, 0.15) is 106 Å². The van der Waals surface area contributed by atoms with Gasteiger partial charge in [0.15, 0.2) is 25.0 Å². The number of allylic oxidation sites excluding steroid dienone is 2. The number of carbonyl (C=O) groups is 2. The molecule has 0 bridgehead atoms. The van der Waals surface area contributed by atoms with E-state index in [9.17, 15) is 60.7 Å². The summed E-state index contributed by atoms with van der Waals surface area (Å²) in [5.74, 6) is -1.21. The lowest BCUT2D eigenvalue weighted by atomic mass is 9.33. The molecule has 8 rings (SSSR count). The van der Waals surface area contributed by atoms with Crippen LogP contribution in [-0.2, 0) is 38.0 Å². The van der Waals surface area contributed by atoms with Crippen LogP contribution in [0.2, 0.25) is 0 Å². The molecule has 5 aliphatic carbocycles. The van der Waals surface area contributed by atoms with Gasteiger partial charge in [0.2, 0.25) is 0 Å². The van der Waals surface area contributed by atoms with Gasteiger partial charge in [0.05, 0.1) is 25.4 Å². The summed E-state index contributed by atoms with van der Waals surface area (Å²) in [6.45, 7) is 13.8. The molecule has 0 aromatic rings. The molecule has 0 amide bonds. The Bertz CT molecular complexity index is 1830. The van der Waals surface area contributed by atoms with Crippen LogP contribution in [0.25, 0.3) is 0 Å². The van der Waals surface area contributed by atoms with Crippen LogP contribution in [0, 0.1) is 50.2 Å². The second-order valence-electron chi connectivity index (χ2n) is 22.8. The van der Waals surface area contributed by atoms with Crippen LogP contribution in [0.15, 0.2) is 11.6 Å². The second kappa shape index (κ2) is 17.3. The standard InChI is InChI=1S/C47H74O18/c1-21-29(52)31(54)34(57)39(61-21)64-36-30(53)24(50)18-60-40(36)65-37-33(56)32(55)35(38(58)59)63-41(37)62-28-11-12-44(4)25(45(28,5)20-49)10-13-47(7)26(44)9-8-22-23-16-42(2,19-48)17-27(51)43(23,3)14-15-46(22,47)6/h8,21,23-26,28-37,39-41,48-50,52-57H,9-20H2,1-7H3,(H,58,59)/t21-,23-,24+,25+,26+,28-,29-,30-,31+,32-,33-,34+,35-,36+,37+,39-,40-,41+,42+,43+,44-,45+,46+,47+/m0/s1. The van der Waals surface area contributed by atoms with Gasteiger partial charge in [-0.05, 0) is 97.7 Å². The lowest BCUT2D eigenvalue weighted by Crippen LogP contribution is -2.68. The summed E-state index contributed by atoms with van der Waals surface area (Å²) in [6.07, 6.45) is -15.8. The van der Waals surface area contributed by atoms with Gasteiger partial charge >= 0.3 is 5.97 Å². The Labute approximate surface area is 380 Å². The minimum atomic E-state index is -2.03. The van der Waals surface area contributed by atoms with E-state index in [4.69, 9.17) is 28.4 Å². The highest BCUT2D eigenvalue weighted by Crippen LogP contribution is 2.75. The maximum Gasteiger partial charge on any atom is 0.335 e. The summed E-state index contributed by atoms with van der Waals surface area (Å²) in [4.78, 5) is 26.3. The molecular weight excluding hydrogens is 852 g/mol. The Morgan fingerprint density at radius 1 is 0.738 bits per heavy atom. The molecule has 3 aliphatic heterocycles. The van der Waals surface area contributed by atoms with Crippen molar-refractivity contribution in [1.29, 1.82) is 0 Å². The van der Waals surface area contributed by atoms with Crippen LogP contribution >= 0.6 is 0 Å². The smallest absolute Gasteiger partial charge is 0.335 e. The average molecular weight is 927 g/mol. The number of Topliss-reactive ketones (excluding diaryl/α,β-unsaturated/α-hetero) is 1. The molecule has 3 saturated heterocycles. The molecule has 0 aromatic heterocycles. The first-order valence-corrected chi connectivity index (χ1v) is 23.7. The summed E-state index contributed by atoms with van der Waals surface area (Å²) in [5, 5.41) is 108. The molecule has 8 aliphatic rings. The van der Waals surface area contributed by atoms with E-state index in [1.807, 2.05) is 13.8 Å². The molecule has 0 radical (unpaired) electrons. The number of aliphatic hydroxyl groups excluding tert-OH is 9. The van der Waals surface area contributed by atoms with Crippen LogP contribution in [0.4, 0.5) is 0 Å². The fraction of sp³-hybridized carbons (Fsp3) is 0.915. The molecule has 7 fully saturated rings. The van der Waals surface area contributed by atoms with Gasteiger partial charge in [-0.25, -0.2) is 4.79 Å². The molecule has 18 nitrogen and oxygen atoms in total. The second-order valence-corrected chi connectivity index (χ2v) is 22.8. The lowest BCUT2D eigenvalue weighted by Gasteiger charge is -2.71. The predicted octanol–water partition coefficient (Wildman–Crippen LogP) is 0.524. The molecule has 10 N–H and O–H groups in total. The molecule has 0 unspecified atom stereocenters. The quantitative estimate of drug-likeness (QED) is 0.111. The number of ketones is 1. The summed E-state index contributed by atoms with van der Waals surface area (Å²) in [6, 6.07) is 0. The van der Waals surface area contributed by atoms with Crippen molar-refractivity contribution in [2.45, 2.75) is 198 Å². The van der Waals surface area contributed by atoms with Gasteiger partial charge in [0.25, 0.3) is 0 Å². The van der Waals surface area contributed by atoms with Crippen molar-refractivity contribution < 1.29 is 89.1 Å². The zero-order valence-corrected chi connectivity index (χ0v) is 38.7. The van der Waals surface area contributed by atoms with E-state index in [1.54, 1.807) is 0 Å². The van der Waals surface area contributed by atoms with E-state index >= 15 is 0 Å². The molecule has 24 atom stereocenters. The van der Waals surface area contributed by atoms with Crippen molar-refractivity contribution in [1.82, 2.24) is 0 Å². The van der Waals surface area contributed by atoms with E-state index < -0.39 is 121 Å². The Kier molecular flexibility index (Phi) is 13.2. The maximum absolute atomic E-state index is 13.8. The van der Waals surface area contributed by atoms with Gasteiger partial charge in [-0.2, -0.15) is 0 Å². The number of hydrogen-bond acceptors (Lipinski definition) is 17. The van der Waals surface area contributed by atoms with Crippen molar-refractivity contribution >= 4 is 11.8 Å². The fourth-order valence-electron chi connectivity index (χ4n) is 14.6. The highest BCUT2D eigenvalue weighted by Gasteiger charge is 2.70. The monoisotopic (exact) mass is 926 g/mol. The number of aliphatic hydroxyl groups is 9. The molecule has 370 valence electrons. The van der Waals surface area contributed by atoms with Crippen LogP contribution < -0.4 is 0 Å². The predicted molar refractivity (Wildman–Crippen MR) is 225 cm³/mol. The third kappa shape index (κ3) is 7.62. The van der Waals surface area contributed by atoms with E-state index in [1.165, 1.54) is 12.5 Å². The maximum atomic E-state index is 13.8. The van der Waals surface area contributed by atoms with Gasteiger partial charge in [-0.15, -0.1) is 0 Å². The Hall–Kier alpha value is -1.72. The van der Waals surface area contributed by atoms with Crippen LogP contribution in [0.3, 0.4) is 0 Å². The summed E-state index contributed by atoms with van der Waals surface area (Å²) >= 11 is 0. The summed E-state index contributed by atoms with van der Waals surface area (Å²) in [7, 11) is 0. The molecule has 18 heteroatoms. The first kappa shape index (κ1) is 49.7. The van der Waals surface area contributed by atoms with E-state index in [0.29, 0.717) is 19.3 Å². The van der Waals surface area contributed by atoms with Gasteiger partial charge in [0, 0.05) is 23.9 Å². The number of ether oxygens (including phenoxy) is 6. The average Bonchev–Trinajstić information content (AvgIpc) is 3.25. The Balaban J connectivity index is 1.06. The highest BCUT2D eigenvalue weighted by atomic mass is 16.8. The zero-order valence-electron chi connectivity index (χ0n) is 38.7. The minimum absolute atomic E-state index is 0.0379. The topological polar surface area (TPSA) is 292 Å². The molecule has 4 saturated carbocycles. The number of rotatable bonds is 9. The molecular formula is C47H74O18. The normalized spacial score (nSPS) is 55.8. The summed E-state index contributed by atoms with van der Waals surface area (Å²) < 4.78 is 36.0. The number of aliphatic carboxylic acids is 1. The number of carbonyl (C=O) groups excluding carboxylic acids is 1. The van der Waals surface area contributed by atoms with Crippen LogP contribution in [0.5, 0.6) is 0 Å². The summed E-state index contributed by atoms with van der Waals surface area (Å²) in [5.41, 5.74) is -1.19. The number of fused-ring (bicyclic) bond motifs is 7. The Morgan fingerprint density at radius 2 is 1.42 bits per heavy atom. The van der Waals surface area contributed by atoms with Crippen molar-refractivity contribution in [2.24, 2.45) is 50.2 Å². The third-order valence-corrected chi connectivity index (χ3v) is 19.1. The van der Waals surface area contributed by atoms with Crippen molar-refractivity contribution in [2.75, 3.05) is 19.8 Å². The number of carboxylic acids is 1. The van der Waals surface area contributed by atoms with Crippen LogP contribution in [-0.4, -0.2) is 175 Å². The van der Waals surface area contributed by atoms with E-state index in [2.05, 4.69) is 33.8 Å². The fourth-order valence-corrected chi connectivity index (χ4v) is 14.6. The largest absolute Gasteiger partial charge is 0.479 e. The molecule has 0 aromatic carbocycles. The minimum Gasteiger partial charge on any atom is -0.479 e. The molecule has 65 heavy (non-hydrogen) atoms. The van der Waals surface area contributed by atoms with E-state index in [-0.39, 0.29) is 53.0 Å². The van der Waals surface area contributed by atoms with E-state index in [0.717, 1.165) is 38.5 Å². The third-order valence-electron chi connectivity index (χ3n) is 19.1. The van der Waals surface area contributed by atoms with Crippen molar-refractivity contribution in [3.05, 3.63) is 11.6 Å².